The predicted octanol–water partition coefficient (Wildman–Crippen LogP) is 2.66. The Labute approximate surface area is 123 Å². The Hall–Kier alpha value is -1.81. The monoisotopic (exact) mass is 291 g/mol. The van der Waals surface area contributed by atoms with Gasteiger partial charge in [0.1, 0.15) is 0 Å². The number of nitrogens with one attached hydrogen (secondary N) is 1. The molecule has 1 aromatic heterocycles. The third-order valence-electron chi connectivity index (χ3n) is 3.35. The lowest BCUT2D eigenvalue weighted by Gasteiger charge is -2.06. The van der Waals surface area contributed by atoms with Gasteiger partial charge in [0.05, 0.1) is 11.3 Å². The summed E-state index contributed by atoms with van der Waals surface area (Å²) in [5, 5.41) is 7.90. The van der Waals surface area contributed by atoms with Gasteiger partial charge in [-0.1, -0.05) is 23.7 Å². The Morgan fingerprint density at radius 1 is 1.30 bits per heavy atom. The molecule has 4 nitrogen and oxygen atoms in total. The molecule has 0 unspecified atom stereocenters. The maximum Gasteiger partial charge on any atom is 0.255 e. The van der Waals surface area contributed by atoms with Crippen LogP contribution in [-0.4, -0.2) is 22.2 Å². The third kappa shape index (κ3) is 3.20. The number of hydrogen-bond donors (Lipinski definition) is 1. The Morgan fingerprint density at radius 3 is 2.50 bits per heavy atom. The Morgan fingerprint density at radius 2 is 1.95 bits per heavy atom. The van der Waals surface area contributed by atoms with Crippen molar-refractivity contribution < 1.29 is 4.79 Å². The fourth-order valence-corrected chi connectivity index (χ4v) is 2.29. The lowest BCUT2D eigenvalue weighted by Crippen LogP contribution is -2.26. The topological polar surface area (TPSA) is 46.9 Å². The SMILES string of the molecule is Cc1nn(C)c(C)c1C(=O)NCCc1ccc(Cl)cc1. The number of amides is 1. The van der Waals surface area contributed by atoms with Crippen molar-refractivity contribution in [3.05, 3.63) is 51.8 Å². The standard InChI is InChI=1S/C15H18ClN3O/c1-10-14(11(2)19(3)18-10)15(20)17-9-8-12-4-6-13(16)7-5-12/h4-7H,8-9H2,1-3H3,(H,17,20). The molecular formula is C15H18ClN3O. The molecule has 0 fully saturated rings. The van der Waals surface area contributed by atoms with Crippen molar-refractivity contribution in [2.45, 2.75) is 20.3 Å². The van der Waals surface area contributed by atoms with Crippen LogP contribution in [0.15, 0.2) is 24.3 Å². The van der Waals surface area contributed by atoms with Crippen LogP contribution in [0.25, 0.3) is 0 Å². The van der Waals surface area contributed by atoms with Crippen LogP contribution >= 0.6 is 11.6 Å². The molecule has 20 heavy (non-hydrogen) atoms. The van der Waals surface area contributed by atoms with Crippen LogP contribution in [0.2, 0.25) is 5.02 Å². The Balaban J connectivity index is 1.94. The van der Waals surface area contributed by atoms with Crippen molar-refractivity contribution >= 4 is 17.5 Å². The lowest BCUT2D eigenvalue weighted by atomic mass is 10.1. The Bertz CT molecular complexity index is 617. The first kappa shape index (κ1) is 14.6. The van der Waals surface area contributed by atoms with Crippen LogP contribution < -0.4 is 5.32 Å². The van der Waals surface area contributed by atoms with Gasteiger partial charge in [-0.25, -0.2) is 0 Å². The molecule has 0 radical (unpaired) electrons. The predicted molar refractivity (Wildman–Crippen MR) is 80.2 cm³/mol. The van der Waals surface area contributed by atoms with Gasteiger partial charge < -0.3 is 5.32 Å². The summed E-state index contributed by atoms with van der Waals surface area (Å²) in [4.78, 5) is 12.2. The Kier molecular flexibility index (Phi) is 4.45. The smallest absolute Gasteiger partial charge is 0.255 e. The fraction of sp³-hybridized carbons (Fsp3) is 0.333. The number of benzene rings is 1. The highest BCUT2D eigenvalue weighted by Gasteiger charge is 2.16. The number of rotatable bonds is 4. The second-order valence-corrected chi connectivity index (χ2v) is 5.24. The third-order valence-corrected chi connectivity index (χ3v) is 3.60. The second-order valence-electron chi connectivity index (χ2n) is 4.80. The van der Waals surface area contributed by atoms with Crippen molar-refractivity contribution in [3.8, 4) is 0 Å². The quantitative estimate of drug-likeness (QED) is 0.941. The number of carbonyl (C=O) groups excluding carboxylic acids is 1. The average Bonchev–Trinajstić information content (AvgIpc) is 2.65. The van der Waals surface area contributed by atoms with Crippen molar-refractivity contribution in [3.63, 3.8) is 0 Å². The molecule has 0 spiro atoms. The second kappa shape index (κ2) is 6.09. The largest absolute Gasteiger partial charge is 0.352 e. The molecule has 0 saturated heterocycles. The normalized spacial score (nSPS) is 10.6. The lowest BCUT2D eigenvalue weighted by molar-refractivity contribution is 0.0953. The van der Waals surface area contributed by atoms with Crippen LogP contribution in [0, 0.1) is 13.8 Å². The van der Waals surface area contributed by atoms with Gasteiger partial charge in [0, 0.05) is 24.3 Å². The fourth-order valence-electron chi connectivity index (χ4n) is 2.16. The van der Waals surface area contributed by atoms with E-state index in [1.54, 1.807) is 4.68 Å². The van der Waals surface area contributed by atoms with Crippen LogP contribution in [0.4, 0.5) is 0 Å². The summed E-state index contributed by atoms with van der Waals surface area (Å²) in [7, 11) is 1.84. The van der Waals surface area contributed by atoms with Crippen molar-refractivity contribution in [1.29, 1.82) is 0 Å². The molecule has 0 bridgehead atoms. The maximum atomic E-state index is 12.2. The molecule has 106 valence electrons. The number of nitrogens with zero attached hydrogens (tertiary/aromatic N) is 2. The number of aromatic nitrogens is 2. The molecule has 5 heteroatoms. The van der Waals surface area contributed by atoms with E-state index in [2.05, 4.69) is 10.4 Å². The van der Waals surface area contributed by atoms with Gasteiger partial charge in [0.25, 0.3) is 5.91 Å². The zero-order chi connectivity index (χ0) is 14.7. The van der Waals surface area contributed by atoms with Crippen LogP contribution in [0.3, 0.4) is 0 Å². The van der Waals surface area contributed by atoms with E-state index in [-0.39, 0.29) is 5.91 Å². The summed E-state index contributed by atoms with van der Waals surface area (Å²) in [5.41, 5.74) is 3.46. The molecule has 0 saturated carbocycles. The first-order chi connectivity index (χ1) is 9.49. The van der Waals surface area contributed by atoms with Gasteiger partial charge in [-0.05, 0) is 38.0 Å². The van der Waals surface area contributed by atoms with Crippen molar-refractivity contribution in [2.75, 3.05) is 6.54 Å². The zero-order valence-electron chi connectivity index (χ0n) is 11.9. The minimum atomic E-state index is -0.0675. The van der Waals surface area contributed by atoms with E-state index < -0.39 is 0 Å². The summed E-state index contributed by atoms with van der Waals surface area (Å²) < 4.78 is 1.73. The molecular weight excluding hydrogens is 274 g/mol. The summed E-state index contributed by atoms with van der Waals surface area (Å²) in [6.45, 7) is 4.34. The molecule has 0 aliphatic rings. The van der Waals surface area contributed by atoms with Gasteiger partial charge in [-0.3, -0.25) is 9.48 Å². The van der Waals surface area contributed by atoms with E-state index in [1.807, 2.05) is 45.2 Å². The van der Waals surface area contributed by atoms with E-state index in [4.69, 9.17) is 11.6 Å². The van der Waals surface area contributed by atoms with Gasteiger partial charge in [0.2, 0.25) is 0 Å². The highest BCUT2D eigenvalue weighted by molar-refractivity contribution is 6.30. The first-order valence-corrected chi connectivity index (χ1v) is 6.89. The molecule has 0 atom stereocenters. The summed E-state index contributed by atoms with van der Waals surface area (Å²) in [6, 6.07) is 7.65. The summed E-state index contributed by atoms with van der Waals surface area (Å²) in [6.07, 6.45) is 0.779. The number of hydrogen-bond acceptors (Lipinski definition) is 2. The molecule has 1 aromatic carbocycles. The molecule has 2 rings (SSSR count). The van der Waals surface area contributed by atoms with Gasteiger partial charge in [0.15, 0.2) is 0 Å². The molecule has 0 aliphatic carbocycles. The summed E-state index contributed by atoms with van der Waals surface area (Å²) in [5.74, 6) is -0.0675. The minimum Gasteiger partial charge on any atom is -0.352 e. The summed E-state index contributed by atoms with van der Waals surface area (Å²) >= 11 is 5.83. The van der Waals surface area contributed by atoms with Crippen LogP contribution in [0.1, 0.15) is 27.3 Å². The van der Waals surface area contributed by atoms with Gasteiger partial charge in [-0.2, -0.15) is 5.10 Å². The van der Waals surface area contributed by atoms with Crippen LogP contribution in [-0.2, 0) is 13.5 Å². The van der Waals surface area contributed by atoms with E-state index >= 15 is 0 Å². The highest BCUT2D eigenvalue weighted by Crippen LogP contribution is 2.12. The van der Waals surface area contributed by atoms with E-state index in [0.717, 1.165) is 28.4 Å². The first-order valence-electron chi connectivity index (χ1n) is 6.52. The van der Waals surface area contributed by atoms with E-state index in [0.29, 0.717) is 12.1 Å². The number of aryl methyl sites for hydroxylation is 2. The van der Waals surface area contributed by atoms with Crippen molar-refractivity contribution in [1.82, 2.24) is 15.1 Å². The van der Waals surface area contributed by atoms with Gasteiger partial charge in [-0.15, -0.1) is 0 Å². The molecule has 2 aromatic rings. The van der Waals surface area contributed by atoms with Crippen LogP contribution in [0.5, 0.6) is 0 Å². The minimum absolute atomic E-state index is 0.0675. The zero-order valence-corrected chi connectivity index (χ0v) is 12.7. The molecule has 1 heterocycles. The van der Waals surface area contributed by atoms with Crippen molar-refractivity contribution in [2.24, 2.45) is 7.05 Å². The molecule has 1 N–H and O–H groups in total. The number of halogens is 1. The maximum absolute atomic E-state index is 12.2. The average molecular weight is 292 g/mol. The van der Waals surface area contributed by atoms with E-state index in [9.17, 15) is 4.79 Å². The number of carbonyl (C=O) groups is 1. The highest BCUT2D eigenvalue weighted by atomic mass is 35.5. The molecule has 1 amide bonds. The van der Waals surface area contributed by atoms with E-state index in [1.165, 1.54) is 0 Å². The molecule has 0 aliphatic heterocycles. The van der Waals surface area contributed by atoms with Gasteiger partial charge >= 0.3 is 0 Å².